The monoisotopic (exact) mass is 248 g/mol. The lowest BCUT2D eigenvalue weighted by Crippen LogP contribution is -2.30. The van der Waals surface area contributed by atoms with Crippen molar-refractivity contribution in [1.82, 2.24) is 4.90 Å². The van der Waals surface area contributed by atoms with Crippen LogP contribution in [0.5, 0.6) is 0 Å². The van der Waals surface area contributed by atoms with Crippen molar-refractivity contribution in [2.24, 2.45) is 0 Å². The van der Waals surface area contributed by atoms with Gasteiger partial charge in [0.1, 0.15) is 11.6 Å². The number of carbonyl (C=O) groups excluding carboxylic acids is 1. The third-order valence-corrected chi connectivity index (χ3v) is 2.44. The van der Waals surface area contributed by atoms with E-state index in [1.54, 1.807) is 31.3 Å². The molecule has 0 fully saturated rings. The minimum atomic E-state index is -0.461. The Kier molecular flexibility index (Phi) is 3.62. The van der Waals surface area contributed by atoms with Crippen LogP contribution in [0.3, 0.4) is 0 Å². The normalized spacial score (nSPS) is 10.1. The Labute approximate surface area is 104 Å². The van der Waals surface area contributed by atoms with E-state index in [0.717, 1.165) is 0 Å². The zero-order valence-electron chi connectivity index (χ0n) is 9.89. The zero-order valence-corrected chi connectivity index (χ0v) is 9.89. The Balaban J connectivity index is 1.98. The minimum Gasteiger partial charge on any atom is -0.467 e. The first-order valence-electron chi connectivity index (χ1n) is 5.46. The van der Waals surface area contributed by atoms with E-state index in [1.807, 2.05) is 0 Å². The van der Waals surface area contributed by atoms with Gasteiger partial charge in [-0.25, -0.2) is 9.18 Å². The highest BCUT2D eigenvalue weighted by atomic mass is 19.1. The van der Waals surface area contributed by atoms with E-state index in [1.165, 1.54) is 23.3 Å². The lowest BCUT2D eigenvalue weighted by atomic mass is 10.3. The molecule has 0 aliphatic heterocycles. The molecule has 0 unspecified atom stereocenters. The van der Waals surface area contributed by atoms with Gasteiger partial charge in [-0.2, -0.15) is 0 Å². The summed E-state index contributed by atoms with van der Waals surface area (Å²) in [4.78, 5) is 13.2. The summed E-state index contributed by atoms with van der Waals surface area (Å²) in [5.74, 6) is 0.207. The summed E-state index contributed by atoms with van der Waals surface area (Å²) >= 11 is 0. The van der Waals surface area contributed by atoms with Crippen molar-refractivity contribution in [3.05, 3.63) is 54.2 Å². The van der Waals surface area contributed by atoms with Gasteiger partial charge in [0.15, 0.2) is 0 Å². The molecule has 2 amide bonds. The third kappa shape index (κ3) is 2.88. The molecule has 0 bridgehead atoms. The number of anilines is 1. The number of hydrogen-bond acceptors (Lipinski definition) is 2. The average Bonchev–Trinajstić information content (AvgIpc) is 2.84. The third-order valence-electron chi connectivity index (χ3n) is 2.44. The van der Waals surface area contributed by atoms with Crippen molar-refractivity contribution in [3.63, 3.8) is 0 Å². The Morgan fingerprint density at radius 3 is 2.78 bits per heavy atom. The van der Waals surface area contributed by atoms with Crippen LogP contribution >= 0.6 is 0 Å². The molecule has 18 heavy (non-hydrogen) atoms. The second kappa shape index (κ2) is 5.35. The molecule has 0 atom stereocenters. The van der Waals surface area contributed by atoms with Gasteiger partial charge < -0.3 is 14.6 Å². The van der Waals surface area contributed by atoms with Gasteiger partial charge in [0.2, 0.25) is 0 Å². The van der Waals surface area contributed by atoms with Crippen LogP contribution in [-0.2, 0) is 6.54 Å². The second-order valence-electron chi connectivity index (χ2n) is 3.85. The number of benzene rings is 1. The van der Waals surface area contributed by atoms with Crippen molar-refractivity contribution in [2.45, 2.75) is 6.54 Å². The summed E-state index contributed by atoms with van der Waals surface area (Å²) < 4.78 is 18.5. The van der Waals surface area contributed by atoms with Gasteiger partial charge in [-0.3, -0.25) is 0 Å². The maximum Gasteiger partial charge on any atom is 0.322 e. The molecule has 4 nitrogen and oxygen atoms in total. The van der Waals surface area contributed by atoms with Crippen LogP contribution in [0.4, 0.5) is 14.9 Å². The van der Waals surface area contributed by atoms with Crippen molar-refractivity contribution in [2.75, 3.05) is 12.4 Å². The Bertz CT molecular complexity index is 526. The van der Waals surface area contributed by atoms with E-state index >= 15 is 0 Å². The minimum absolute atomic E-state index is 0.161. The lowest BCUT2D eigenvalue weighted by Gasteiger charge is -2.16. The van der Waals surface area contributed by atoms with Gasteiger partial charge in [0.05, 0.1) is 18.5 Å². The number of nitrogens with one attached hydrogen (secondary N) is 1. The molecule has 2 aromatic rings. The zero-order chi connectivity index (χ0) is 13.0. The molecule has 1 aromatic heterocycles. The summed E-state index contributed by atoms with van der Waals surface area (Å²) in [7, 11) is 1.61. The van der Waals surface area contributed by atoms with Crippen LogP contribution in [0, 0.1) is 5.82 Å². The fourth-order valence-corrected chi connectivity index (χ4v) is 1.48. The van der Waals surface area contributed by atoms with Gasteiger partial charge >= 0.3 is 6.03 Å². The first-order chi connectivity index (χ1) is 8.66. The molecule has 0 saturated carbocycles. The molecule has 94 valence electrons. The number of rotatable bonds is 3. The molecule has 0 spiro atoms. The molecular weight excluding hydrogens is 235 g/mol. The summed E-state index contributed by atoms with van der Waals surface area (Å²) in [6.45, 7) is 0.327. The number of carbonyl (C=O) groups is 1. The van der Waals surface area contributed by atoms with Gasteiger partial charge in [0, 0.05) is 7.05 Å². The lowest BCUT2D eigenvalue weighted by molar-refractivity contribution is 0.216. The van der Waals surface area contributed by atoms with Crippen LogP contribution in [-0.4, -0.2) is 18.0 Å². The van der Waals surface area contributed by atoms with Crippen molar-refractivity contribution < 1.29 is 13.6 Å². The topological polar surface area (TPSA) is 45.5 Å². The fourth-order valence-electron chi connectivity index (χ4n) is 1.48. The van der Waals surface area contributed by atoms with E-state index in [-0.39, 0.29) is 5.69 Å². The molecule has 1 aromatic carbocycles. The number of para-hydroxylation sites is 1. The maximum absolute atomic E-state index is 13.3. The smallest absolute Gasteiger partial charge is 0.322 e. The van der Waals surface area contributed by atoms with Gasteiger partial charge in [0.25, 0.3) is 0 Å². The largest absolute Gasteiger partial charge is 0.467 e. The number of furan rings is 1. The van der Waals surface area contributed by atoms with E-state index in [0.29, 0.717) is 12.3 Å². The van der Waals surface area contributed by atoms with Gasteiger partial charge in [-0.05, 0) is 24.3 Å². The van der Waals surface area contributed by atoms with Crippen LogP contribution < -0.4 is 5.32 Å². The number of halogens is 1. The summed E-state index contributed by atoms with van der Waals surface area (Å²) in [5.41, 5.74) is 0.161. The van der Waals surface area contributed by atoms with Crippen LogP contribution in [0.1, 0.15) is 5.76 Å². The molecule has 1 N–H and O–H groups in total. The molecule has 2 rings (SSSR count). The van der Waals surface area contributed by atoms with E-state index in [4.69, 9.17) is 4.42 Å². The number of nitrogens with zero attached hydrogens (tertiary/aromatic N) is 1. The second-order valence-corrected chi connectivity index (χ2v) is 3.85. The first-order valence-corrected chi connectivity index (χ1v) is 5.46. The number of urea groups is 1. The van der Waals surface area contributed by atoms with Gasteiger partial charge in [-0.1, -0.05) is 12.1 Å². The molecular formula is C13H13FN2O2. The standard InChI is InChI=1S/C13H13FN2O2/c1-16(9-10-5-4-8-18-10)13(17)15-12-7-3-2-6-11(12)14/h2-8H,9H2,1H3,(H,15,17). The average molecular weight is 248 g/mol. The maximum atomic E-state index is 13.3. The first kappa shape index (κ1) is 12.2. The molecule has 0 saturated heterocycles. The highest BCUT2D eigenvalue weighted by Gasteiger charge is 2.12. The summed E-state index contributed by atoms with van der Waals surface area (Å²) in [5, 5.41) is 2.49. The Morgan fingerprint density at radius 2 is 2.11 bits per heavy atom. The highest BCUT2D eigenvalue weighted by Crippen LogP contribution is 2.13. The SMILES string of the molecule is CN(Cc1ccco1)C(=O)Nc1ccccc1F. The van der Waals surface area contributed by atoms with Crippen LogP contribution in [0.2, 0.25) is 0 Å². The summed E-state index contributed by atoms with van der Waals surface area (Å²) in [6.07, 6.45) is 1.54. The predicted molar refractivity (Wildman–Crippen MR) is 65.6 cm³/mol. The summed E-state index contributed by atoms with van der Waals surface area (Å²) in [6, 6.07) is 9.15. The number of amides is 2. The molecule has 1 heterocycles. The van der Waals surface area contributed by atoms with Crippen LogP contribution in [0.15, 0.2) is 47.1 Å². The molecule has 0 radical (unpaired) electrons. The van der Waals surface area contributed by atoms with Crippen molar-refractivity contribution in [3.8, 4) is 0 Å². The Morgan fingerprint density at radius 1 is 1.33 bits per heavy atom. The van der Waals surface area contributed by atoms with Crippen molar-refractivity contribution in [1.29, 1.82) is 0 Å². The fraction of sp³-hybridized carbons (Fsp3) is 0.154. The van der Waals surface area contributed by atoms with Crippen LogP contribution in [0.25, 0.3) is 0 Å². The quantitative estimate of drug-likeness (QED) is 0.907. The van der Waals surface area contributed by atoms with Gasteiger partial charge in [-0.15, -0.1) is 0 Å². The van der Waals surface area contributed by atoms with E-state index < -0.39 is 11.8 Å². The molecule has 0 aliphatic carbocycles. The Hall–Kier alpha value is -2.30. The van der Waals surface area contributed by atoms with E-state index in [9.17, 15) is 9.18 Å². The predicted octanol–water partition coefficient (Wildman–Crippen LogP) is 3.08. The molecule has 5 heteroatoms. The number of hydrogen-bond donors (Lipinski definition) is 1. The molecule has 0 aliphatic rings. The van der Waals surface area contributed by atoms with Crippen molar-refractivity contribution >= 4 is 11.7 Å². The highest BCUT2D eigenvalue weighted by molar-refractivity contribution is 5.89. The van der Waals surface area contributed by atoms with E-state index in [2.05, 4.69) is 5.32 Å².